The van der Waals surface area contributed by atoms with Crippen molar-refractivity contribution in [3.05, 3.63) is 54.6 Å². The van der Waals surface area contributed by atoms with Crippen molar-refractivity contribution < 1.29 is 9.47 Å². The Morgan fingerprint density at radius 1 is 0.862 bits per heavy atom. The van der Waals surface area contributed by atoms with Crippen LogP contribution in [-0.2, 0) is 0 Å². The van der Waals surface area contributed by atoms with E-state index >= 15 is 0 Å². The lowest BCUT2D eigenvalue weighted by molar-refractivity contribution is 0.355. The molecule has 1 heterocycles. The lowest BCUT2D eigenvalue weighted by atomic mass is 10.2. The molecule has 0 fully saturated rings. The molecular weight excluding hydrogens is 366 g/mol. The van der Waals surface area contributed by atoms with Gasteiger partial charge in [0, 0.05) is 36.5 Å². The van der Waals surface area contributed by atoms with Crippen LogP contribution in [0.1, 0.15) is 0 Å². The number of nitrogens with zero attached hydrogens (tertiary/aromatic N) is 3. The highest BCUT2D eigenvalue weighted by atomic mass is 16.5. The lowest BCUT2D eigenvalue weighted by Gasteiger charge is -2.14. The molecule has 0 aliphatic rings. The van der Waals surface area contributed by atoms with Gasteiger partial charge in [0.25, 0.3) is 0 Å². The number of hydrogen-bond donors (Lipinski definition) is 2. The van der Waals surface area contributed by atoms with Crippen LogP contribution in [0.4, 0.5) is 17.3 Å². The van der Waals surface area contributed by atoms with Crippen molar-refractivity contribution in [3.63, 3.8) is 0 Å². The van der Waals surface area contributed by atoms with E-state index in [0.717, 1.165) is 30.2 Å². The summed E-state index contributed by atoms with van der Waals surface area (Å²) in [6.45, 7) is 1.69. The molecule has 152 valence electrons. The number of aromatic nitrogens is 2. The van der Waals surface area contributed by atoms with Gasteiger partial charge in [-0.25, -0.2) is 9.97 Å². The fourth-order valence-electron chi connectivity index (χ4n) is 2.79. The van der Waals surface area contributed by atoms with Gasteiger partial charge in [0.2, 0.25) is 0 Å². The quantitative estimate of drug-likeness (QED) is 0.572. The molecule has 0 unspecified atom stereocenters. The van der Waals surface area contributed by atoms with Crippen LogP contribution in [0.3, 0.4) is 0 Å². The van der Waals surface area contributed by atoms with Gasteiger partial charge in [-0.1, -0.05) is 30.3 Å². The van der Waals surface area contributed by atoms with E-state index in [9.17, 15) is 0 Å². The standard InChI is InChI=1S/C22H27N5O2/c1-27(2)13-12-23-20-15-21(26-22(25-20)16-8-6-5-7-9-16)24-17-10-11-18(28-3)19(14-17)29-4/h5-11,14-15H,12-13H2,1-4H3,(H2,23,24,25,26). The van der Waals surface area contributed by atoms with Gasteiger partial charge in [-0.05, 0) is 26.2 Å². The average molecular weight is 393 g/mol. The Morgan fingerprint density at radius 2 is 1.59 bits per heavy atom. The molecule has 1 aromatic heterocycles. The Hall–Kier alpha value is -3.32. The SMILES string of the molecule is COc1ccc(Nc2cc(NCCN(C)C)nc(-c3ccccc3)n2)cc1OC. The minimum absolute atomic E-state index is 0.652. The zero-order chi connectivity index (χ0) is 20.6. The van der Waals surface area contributed by atoms with Gasteiger partial charge >= 0.3 is 0 Å². The van der Waals surface area contributed by atoms with E-state index in [4.69, 9.17) is 14.5 Å². The van der Waals surface area contributed by atoms with E-state index in [-0.39, 0.29) is 0 Å². The second kappa shape index (κ2) is 9.75. The van der Waals surface area contributed by atoms with Gasteiger partial charge in [0.1, 0.15) is 11.6 Å². The van der Waals surface area contributed by atoms with Crippen molar-refractivity contribution in [1.29, 1.82) is 0 Å². The van der Waals surface area contributed by atoms with Crippen LogP contribution in [0.25, 0.3) is 11.4 Å². The van der Waals surface area contributed by atoms with Gasteiger partial charge in [0.15, 0.2) is 17.3 Å². The smallest absolute Gasteiger partial charge is 0.163 e. The van der Waals surface area contributed by atoms with E-state index in [1.807, 2.05) is 68.7 Å². The lowest BCUT2D eigenvalue weighted by Crippen LogP contribution is -2.21. The normalized spacial score (nSPS) is 10.7. The molecule has 0 saturated heterocycles. The Balaban J connectivity index is 1.90. The third kappa shape index (κ3) is 5.58. The molecule has 7 heteroatoms. The van der Waals surface area contributed by atoms with Crippen LogP contribution in [0.2, 0.25) is 0 Å². The molecule has 2 aromatic carbocycles. The molecule has 0 atom stereocenters. The molecule has 29 heavy (non-hydrogen) atoms. The summed E-state index contributed by atoms with van der Waals surface area (Å²) in [6.07, 6.45) is 0. The monoisotopic (exact) mass is 393 g/mol. The maximum absolute atomic E-state index is 5.39. The fourth-order valence-corrected chi connectivity index (χ4v) is 2.79. The molecule has 3 rings (SSSR count). The van der Waals surface area contributed by atoms with Crippen molar-refractivity contribution in [2.24, 2.45) is 0 Å². The minimum Gasteiger partial charge on any atom is -0.493 e. The van der Waals surface area contributed by atoms with Gasteiger partial charge in [-0.3, -0.25) is 0 Å². The van der Waals surface area contributed by atoms with Crippen LogP contribution in [0, 0.1) is 0 Å². The maximum atomic E-state index is 5.39. The van der Waals surface area contributed by atoms with Crippen molar-refractivity contribution in [2.75, 3.05) is 52.0 Å². The predicted molar refractivity (Wildman–Crippen MR) is 117 cm³/mol. The third-order valence-corrected chi connectivity index (χ3v) is 4.28. The summed E-state index contributed by atoms with van der Waals surface area (Å²) in [5.74, 6) is 3.45. The van der Waals surface area contributed by atoms with Crippen LogP contribution in [0.5, 0.6) is 11.5 Å². The highest BCUT2D eigenvalue weighted by Crippen LogP contribution is 2.31. The summed E-state index contributed by atoms with van der Waals surface area (Å²) in [6, 6.07) is 17.5. The Bertz CT molecular complexity index is 932. The second-order valence-corrected chi connectivity index (χ2v) is 6.75. The van der Waals surface area contributed by atoms with Crippen LogP contribution >= 0.6 is 0 Å². The summed E-state index contributed by atoms with van der Waals surface area (Å²) >= 11 is 0. The Labute approximate surface area is 171 Å². The molecular formula is C22H27N5O2. The average Bonchev–Trinajstić information content (AvgIpc) is 2.74. The Kier molecular flexibility index (Phi) is 6.86. The predicted octanol–water partition coefficient (Wildman–Crippen LogP) is 3.88. The summed E-state index contributed by atoms with van der Waals surface area (Å²) in [5.41, 5.74) is 1.80. The molecule has 0 amide bonds. The molecule has 0 spiro atoms. The number of rotatable bonds is 9. The molecule has 3 aromatic rings. The Morgan fingerprint density at radius 3 is 2.28 bits per heavy atom. The van der Waals surface area contributed by atoms with Gasteiger partial charge in [0.05, 0.1) is 14.2 Å². The topological polar surface area (TPSA) is 71.5 Å². The molecule has 0 aliphatic carbocycles. The first-order valence-electron chi connectivity index (χ1n) is 9.41. The van der Waals surface area contributed by atoms with Gasteiger partial charge < -0.3 is 25.0 Å². The number of hydrogen-bond acceptors (Lipinski definition) is 7. The number of methoxy groups -OCH3 is 2. The highest BCUT2D eigenvalue weighted by molar-refractivity contribution is 5.66. The molecule has 0 aliphatic heterocycles. The second-order valence-electron chi connectivity index (χ2n) is 6.75. The third-order valence-electron chi connectivity index (χ3n) is 4.28. The van der Waals surface area contributed by atoms with Crippen molar-refractivity contribution in [2.45, 2.75) is 0 Å². The number of benzene rings is 2. The summed E-state index contributed by atoms with van der Waals surface area (Å²) in [7, 11) is 7.32. The summed E-state index contributed by atoms with van der Waals surface area (Å²) in [5, 5.41) is 6.72. The van der Waals surface area contributed by atoms with Gasteiger partial charge in [-0.2, -0.15) is 0 Å². The molecule has 0 radical (unpaired) electrons. The maximum Gasteiger partial charge on any atom is 0.163 e. The van der Waals surface area contributed by atoms with Crippen molar-refractivity contribution >= 4 is 17.3 Å². The number of nitrogens with one attached hydrogen (secondary N) is 2. The first-order chi connectivity index (χ1) is 14.1. The van der Waals surface area contributed by atoms with E-state index in [1.54, 1.807) is 14.2 Å². The van der Waals surface area contributed by atoms with E-state index in [1.165, 1.54) is 0 Å². The van der Waals surface area contributed by atoms with Crippen molar-refractivity contribution in [3.8, 4) is 22.9 Å². The molecule has 2 N–H and O–H groups in total. The van der Waals surface area contributed by atoms with Crippen molar-refractivity contribution in [1.82, 2.24) is 14.9 Å². The highest BCUT2D eigenvalue weighted by Gasteiger charge is 2.09. The minimum atomic E-state index is 0.652. The van der Waals surface area contributed by atoms with Gasteiger partial charge in [-0.15, -0.1) is 0 Å². The number of anilines is 3. The largest absolute Gasteiger partial charge is 0.493 e. The molecule has 7 nitrogen and oxygen atoms in total. The first kappa shape index (κ1) is 20.4. The fraction of sp³-hybridized carbons (Fsp3) is 0.273. The van der Waals surface area contributed by atoms with E-state index in [0.29, 0.717) is 23.1 Å². The molecule has 0 saturated carbocycles. The zero-order valence-electron chi connectivity index (χ0n) is 17.3. The van der Waals surface area contributed by atoms with E-state index in [2.05, 4.69) is 20.5 Å². The van der Waals surface area contributed by atoms with Crippen LogP contribution < -0.4 is 20.1 Å². The molecule has 0 bridgehead atoms. The number of likely N-dealkylation sites (N-methyl/N-ethyl adjacent to an activating group) is 1. The summed E-state index contributed by atoms with van der Waals surface area (Å²) < 4.78 is 10.7. The van der Waals surface area contributed by atoms with Crippen LogP contribution in [-0.4, -0.2) is 56.3 Å². The summed E-state index contributed by atoms with van der Waals surface area (Å²) in [4.78, 5) is 11.5. The number of ether oxygens (including phenoxy) is 2. The van der Waals surface area contributed by atoms with E-state index < -0.39 is 0 Å². The zero-order valence-corrected chi connectivity index (χ0v) is 17.3. The van der Waals surface area contributed by atoms with Crippen LogP contribution in [0.15, 0.2) is 54.6 Å². The first-order valence-corrected chi connectivity index (χ1v) is 9.41.